The van der Waals surface area contributed by atoms with Crippen LogP contribution in [-0.2, 0) is 0 Å². The molecule has 150 valence electrons. The van der Waals surface area contributed by atoms with Gasteiger partial charge in [0.05, 0.1) is 33.1 Å². The zero-order chi connectivity index (χ0) is 20.4. The lowest BCUT2D eigenvalue weighted by molar-refractivity contribution is 0.394. The number of hydrogen-bond donors (Lipinski definition) is 1. The first-order chi connectivity index (χ1) is 14.1. The Morgan fingerprint density at radius 2 is 1.52 bits per heavy atom. The van der Waals surface area contributed by atoms with Crippen molar-refractivity contribution in [3.8, 4) is 34.5 Å². The van der Waals surface area contributed by atoms with E-state index < -0.39 is 0 Å². The topological polar surface area (TPSA) is 101 Å². The van der Waals surface area contributed by atoms with Gasteiger partial charge in [-0.3, -0.25) is 5.32 Å². The van der Waals surface area contributed by atoms with Crippen LogP contribution in [0.3, 0.4) is 0 Å². The van der Waals surface area contributed by atoms with Crippen LogP contribution in [0.5, 0.6) is 23.0 Å². The Morgan fingerprint density at radius 1 is 0.828 bits per heavy atom. The van der Waals surface area contributed by atoms with Crippen LogP contribution in [0.1, 0.15) is 0 Å². The van der Waals surface area contributed by atoms with E-state index in [4.69, 9.17) is 23.4 Å². The van der Waals surface area contributed by atoms with Crippen molar-refractivity contribution in [1.29, 1.82) is 0 Å². The second-order valence-electron chi connectivity index (χ2n) is 5.83. The van der Waals surface area contributed by atoms with E-state index in [1.165, 1.54) is 11.3 Å². The lowest BCUT2D eigenvalue weighted by Gasteiger charge is -2.05. The van der Waals surface area contributed by atoms with Crippen molar-refractivity contribution in [2.24, 2.45) is 0 Å². The summed E-state index contributed by atoms with van der Waals surface area (Å²) in [6.45, 7) is 0. The summed E-state index contributed by atoms with van der Waals surface area (Å²) < 4.78 is 27.9. The van der Waals surface area contributed by atoms with Gasteiger partial charge in [0.25, 0.3) is 0 Å². The van der Waals surface area contributed by atoms with Crippen molar-refractivity contribution in [2.75, 3.05) is 33.8 Å². The lowest BCUT2D eigenvalue weighted by atomic mass is 10.2. The van der Waals surface area contributed by atoms with Gasteiger partial charge in [-0.15, -0.1) is 5.10 Å². The number of thiazole rings is 1. The second kappa shape index (κ2) is 7.84. The van der Waals surface area contributed by atoms with Gasteiger partial charge in [-0.2, -0.15) is 0 Å². The molecule has 0 spiro atoms. The molecule has 0 aliphatic heterocycles. The third kappa shape index (κ3) is 3.74. The standard InChI is InChI=1S/C19H18N4O5S/c1-24-11-5-10(6-12(7-11)25-2)17-22-23-18(28-17)21-19-20-16-14(27-4)8-13(26-3)9-15(16)29-19/h5-9H,1-4H3,(H,20,21,23). The maximum Gasteiger partial charge on any atom is 0.322 e. The van der Waals surface area contributed by atoms with Crippen LogP contribution in [0.2, 0.25) is 0 Å². The summed E-state index contributed by atoms with van der Waals surface area (Å²) in [7, 11) is 6.35. The van der Waals surface area contributed by atoms with E-state index in [1.807, 2.05) is 6.07 Å². The summed E-state index contributed by atoms with van der Waals surface area (Å²) in [6.07, 6.45) is 0. The molecule has 29 heavy (non-hydrogen) atoms. The fourth-order valence-corrected chi connectivity index (χ4v) is 3.62. The van der Waals surface area contributed by atoms with E-state index in [1.54, 1.807) is 52.7 Å². The number of fused-ring (bicyclic) bond motifs is 1. The van der Waals surface area contributed by atoms with Crippen molar-refractivity contribution in [2.45, 2.75) is 0 Å². The van der Waals surface area contributed by atoms with Crippen LogP contribution in [0.15, 0.2) is 34.7 Å². The molecule has 0 unspecified atom stereocenters. The molecule has 4 aromatic rings. The molecule has 10 heteroatoms. The summed E-state index contributed by atoms with van der Waals surface area (Å²) in [6, 6.07) is 9.23. The molecule has 2 heterocycles. The Morgan fingerprint density at radius 3 is 2.17 bits per heavy atom. The van der Waals surface area contributed by atoms with Crippen LogP contribution >= 0.6 is 11.3 Å². The van der Waals surface area contributed by atoms with Crippen molar-refractivity contribution < 1.29 is 23.4 Å². The number of nitrogens with one attached hydrogen (secondary N) is 1. The predicted molar refractivity (Wildman–Crippen MR) is 109 cm³/mol. The molecule has 0 radical (unpaired) electrons. The van der Waals surface area contributed by atoms with Crippen LogP contribution < -0.4 is 24.3 Å². The highest BCUT2D eigenvalue weighted by Crippen LogP contribution is 2.37. The first-order valence-electron chi connectivity index (χ1n) is 8.50. The van der Waals surface area contributed by atoms with Gasteiger partial charge in [0.2, 0.25) is 5.89 Å². The Bertz CT molecular complexity index is 1130. The molecular weight excluding hydrogens is 396 g/mol. The van der Waals surface area contributed by atoms with Gasteiger partial charge in [0.15, 0.2) is 5.13 Å². The maximum atomic E-state index is 5.74. The normalized spacial score (nSPS) is 10.8. The monoisotopic (exact) mass is 414 g/mol. The number of aromatic nitrogens is 3. The van der Waals surface area contributed by atoms with Crippen molar-refractivity contribution >= 4 is 32.7 Å². The van der Waals surface area contributed by atoms with Gasteiger partial charge in [-0.05, 0) is 18.2 Å². The number of rotatable bonds is 7. The van der Waals surface area contributed by atoms with Crippen LogP contribution in [0.25, 0.3) is 21.7 Å². The zero-order valence-corrected chi connectivity index (χ0v) is 17.0. The van der Waals surface area contributed by atoms with E-state index in [0.29, 0.717) is 39.6 Å². The molecule has 9 nitrogen and oxygen atoms in total. The smallest absolute Gasteiger partial charge is 0.322 e. The Hall–Kier alpha value is -3.53. The molecule has 0 aliphatic rings. The first-order valence-corrected chi connectivity index (χ1v) is 9.31. The average Bonchev–Trinajstić information content (AvgIpc) is 3.39. The van der Waals surface area contributed by atoms with Crippen molar-refractivity contribution in [3.63, 3.8) is 0 Å². The highest BCUT2D eigenvalue weighted by molar-refractivity contribution is 7.22. The highest BCUT2D eigenvalue weighted by atomic mass is 32.1. The maximum absolute atomic E-state index is 5.74. The molecule has 4 rings (SSSR count). The average molecular weight is 414 g/mol. The number of ether oxygens (including phenoxy) is 4. The Kier molecular flexibility index (Phi) is 5.09. The lowest BCUT2D eigenvalue weighted by Crippen LogP contribution is -1.90. The summed E-state index contributed by atoms with van der Waals surface area (Å²) in [5, 5.41) is 11.8. The van der Waals surface area contributed by atoms with Gasteiger partial charge in [0, 0.05) is 17.7 Å². The SMILES string of the molecule is COc1cc(OC)cc(-c2nnc(Nc3nc4c(OC)cc(OC)cc4s3)o2)c1. The van der Waals surface area contributed by atoms with Gasteiger partial charge < -0.3 is 23.4 Å². The zero-order valence-electron chi connectivity index (χ0n) is 16.2. The molecule has 2 aromatic heterocycles. The van der Waals surface area contributed by atoms with E-state index >= 15 is 0 Å². The number of hydrogen-bond acceptors (Lipinski definition) is 10. The van der Waals surface area contributed by atoms with Gasteiger partial charge >= 0.3 is 6.01 Å². The third-order valence-corrected chi connectivity index (χ3v) is 5.04. The predicted octanol–water partition coefficient (Wildman–Crippen LogP) is 4.12. The fourth-order valence-electron chi connectivity index (χ4n) is 2.71. The summed E-state index contributed by atoms with van der Waals surface area (Å²) >= 11 is 1.42. The largest absolute Gasteiger partial charge is 0.497 e. The molecule has 0 atom stereocenters. The molecule has 0 aliphatic carbocycles. The number of anilines is 2. The molecule has 0 saturated heterocycles. The highest BCUT2D eigenvalue weighted by Gasteiger charge is 2.15. The number of benzene rings is 2. The minimum Gasteiger partial charge on any atom is -0.497 e. The molecule has 2 aromatic carbocycles. The minimum absolute atomic E-state index is 0.215. The summed E-state index contributed by atoms with van der Waals surface area (Å²) in [5.41, 5.74) is 1.40. The number of methoxy groups -OCH3 is 4. The molecular formula is C19H18N4O5S. The fraction of sp³-hybridized carbons (Fsp3) is 0.211. The molecule has 0 fully saturated rings. The molecule has 0 amide bonds. The number of nitrogens with zero attached hydrogens (tertiary/aromatic N) is 3. The van der Waals surface area contributed by atoms with E-state index in [0.717, 1.165) is 10.2 Å². The van der Waals surface area contributed by atoms with Crippen molar-refractivity contribution in [3.05, 3.63) is 30.3 Å². The van der Waals surface area contributed by atoms with Crippen LogP contribution in [-0.4, -0.2) is 43.6 Å². The van der Waals surface area contributed by atoms with Crippen LogP contribution in [0.4, 0.5) is 11.1 Å². The molecule has 0 bridgehead atoms. The second-order valence-corrected chi connectivity index (χ2v) is 6.86. The first kappa shape index (κ1) is 18.8. The molecule has 1 N–H and O–H groups in total. The van der Waals surface area contributed by atoms with Gasteiger partial charge in [0.1, 0.15) is 28.5 Å². The quantitative estimate of drug-likeness (QED) is 0.478. The molecule has 0 saturated carbocycles. The Balaban J connectivity index is 1.63. The van der Waals surface area contributed by atoms with E-state index in [9.17, 15) is 0 Å². The van der Waals surface area contributed by atoms with Gasteiger partial charge in [-0.25, -0.2) is 4.98 Å². The minimum atomic E-state index is 0.215. The Labute approximate surface area is 170 Å². The third-order valence-electron chi connectivity index (χ3n) is 4.13. The van der Waals surface area contributed by atoms with E-state index in [-0.39, 0.29) is 6.01 Å². The summed E-state index contributed by atoms with van der Waals surface area (Å²) in [4.78, 5) is 4.55. The van der Waals surface area contributed by atoms with Gasteiger partial charge in [-0.1, -0.05) is 16.4 Å². The van der Waals surface area contributed by atoms with Crippen LogP contribution in [0, 0.1) is 0 Å². The van der Waals surface area contributed by atoms with E-state index in [2.05, 4.69) is 20.5 Å². The summed E-state index contributed by atoms with van der Waals surface area (Å²) in [5.74, 6) is 2.89. The van der Waals surface area contributed by atoms with Crippen molar-refractivity contribution in [1.82, 2.24) is 15.2 Å².